The van der Waals surface area contributed by atoms with Gasteiger partial charge in [0.05, 0.1) is 36.0 Å². The van der Waals surface area contributed by atoms with Crippen molar-refractivity contribution in [1.82, 2.24) is 13.7 Å². The minimum Gasteiger partial charge on any atom is -0.383 e. The summed E-state index contributed by atoms with van der Waals surface area (Å²) in [6.07, 6.45) is 3.32. The van der Waals surface area contributed by atoms with Crippen molar-refractivity contribution in [3.05, 3.63) is 39.6 Å². The maximum absolute atomic E-state index is 12.1. The van der Waals surface area contributed by atoms with E-state index >= 15 is 0 Å². The monoisotopic (exact) mass is 500 g/mol. The van der Waals surface area contributed by atoms with Crippen molar-refractivity contribution in [2.75, 3.05) is 57.7 Å². The standard InChI is InChI=1S/C21H29ClN4O4S2/c1-29-11-8-26(32(2,27)28)14-19-23-21(24-31-19)17-13-25(12-15-6-9-30-10-7-15)20-16(17)4-3-5-18(20)22/h3-5,15,17H,6-14H2,1-2H3. The van der Waals surface area contributed by atoms with Crippen LogP contribution in [-0.4, -0.2) is 74.9 Å². The number of hydrogen-bond donors (Lipinski definition) is 0. The highest BCUT2D eigenvalue weighted by molar-refractivity contribution is 7.88. The van der Waals surface area contributed by atoms with E-state index in [1.165, 1.54) is 22.1 Å². The molecule has 32 heavy (non-hydrogen) atoms. The molecule has 1 aromatic heterocycles. The van der Waals surface area contributed by atoms with E-state index in [9.17, 15) is 8.42 Å². The summed E-state index contributed by atoms with van der Waals surface area (Å²) in [6.45, 7) is 4.14. The lowest BCUT2D eigenvalue weighted by Crippen LogP contribution is -2.32. The van der Waals surface area contributed by atoms with Crippen LogP contribution in [0.15, 0.2) is 18.2 Å². The molecule has 2 aromatic rings. The Morgan fingerprint density at radius 1 is 1.34 bits per heavy atom. The highest BCUT2D eigenvalue weighted by Crippen LogP contribution is 2.44. The molecule has 176 valence electrons. The number of fused-ring (bicyclic) bond motifs is 1. The van der Waals surface area contributed by atoms with Gasteiger partial charge in [-0.2, -0.15) is 8.68 Å². The van der Waals surface area contributed by atoms with Crippen LogP contribution in [0.25, 0.3) is 0 Å². The lowest BCUT2D eigenvalue weighted by atomic mass is 10.00. The molecule has 4 rings (SSSR count). The number of sulfonamides is 1. The molecular weight excluding hydrogens is 472 g/mol. The fourth-order valence-electron chi connectivity index (χ4n) is 4.36. The summed E-state index contributed by atoms with van der Waals surface area (Å²) in [5.41, 5.74) is 2.20. The van der Waals surface area contributed by atoms with Crippen molar-refractivity contribution in [3.8, 4) is 0 Å². The molecule has 0 radical (unpaired) electrons. The quantitative estimate of drug-likeness (QED) is 0.523. The highest BCUT2D eigenvalue weighted by Gasteiger charge is 2.35. The molecule has 0 spiro atoms. The summed E-state index contributed by atoms with van der Waals surface area (Å²) < 4.78 is 40.8. The molecule has 1 aromatic carbocycles. The Bertz CT molecular complexity index is 1030. The van der Waals surface area contributed by atoms with Gasteiger partial charge in [-0.05, 0) is 41.9 Å². The first-order chi connectivity index (χ1) is 15.4. The van der Waals surface area contributed by atoms with E-state index in [1.54, 1.807) is 7.11 Å². The van der Waals surface area contributed by atoms with E-state index in [-0.39, 0.29) is 19.0 Å². The van der Waals surface area contributed by atoms with Gasteiger partial charge in [0.25, 0.3) is 0 Å². The van der Waals surface area contributed by atoms with Crippen molar-refractivity contribution in [2.45, 2.75) is 25.3 Å². The van der Waals surface area contributed by atoms with Crippen molar-refractivity contribution < 1.29 is 17.9 Å². The van der Waals surface area contributed by atoms with Crippen molar-refractivity contribution in [2.24, 2.45) is 5.92 Å². The number of aromatic nitrogens is 2. The molecule has 11 heteroatoms. The summed E-state index contributed by atoms with van der Waals surface area (Å²) in [6, 6.07) is 5.99. The van der Waals surface area contributed by atoms with Gasteiger partial charge in [-0.15, -0.1) is 0 Å². The van der Waals surface area contributed by atoms with Crippen LogP contribution in [0.4, 0.5) is 5.69 Å². The summed E-state index contributed by atoms with van der Waals surface area (Å²) in [5.74, 6) is 1.32. The minimum absolute atomic E-state index is 0.0131. The van der Waals surface area contributed by atoms with E-state index in [2.05, 4.69) is 15.3 Å². The molecule has 0 N–H and O–H groups in total. The third-order valence-electron chi connectivity index (χ3n) is 6.05. The second-order valence-corrected chi connectivity index (χ2v) is 11.6. The number of benzene rings is 1. The normalized spacial score (nSPS) is 19.6. The Morgan fingerprint density at radius 2 is 2.12 bits per heavy atom. The molecule has 8 nitrogen and oxygen atoms in total. The van der Waals surface area contributed by atoms with E-state index in [0.717, 1.165) is 61.2 Å². The molecule has 0 amide bonds. The van der Waals surface area contributed by atoms with E-state index < -0.39 is 10.0 Å². The number of ether oxygens (including phenoxy) is 2. The van der Waals surface area contributed by atoms with Crippen LogP contribution in [0.1, 0.15) is 35.2 Å². The van der Waals surface area contributed by atoms with E-state index in [0.29, 0.717) is 17.5 Å². The van der Waals surface area contributed by atoms with Gasteiger partial charge in [0.1, 0.15) is 5.01 Å². The fraction of sp³-hybridized carbons (Fsp3) is 0.619. The van der Waals surface area contributed by atoms with Gasteiger partial charge in [0.2, 0.25) is 10.0 Å². The van der Waals surface area contributed by atoms with Crippen LogP contribution >= 0.6 is 23.1 Å². The maximum atomic E-state index is 12.1. The van der Waals surface area contributed by atoms with Crippen LogP contribution in [0.2, 0.25) is 5.02 Å². The summed E-state index contributed by atoms with van der Waals surface area (Å²) in [5, 5.41) is 1.42. The summed E-state index contributed by atoms with van der Waals surface area (Å²) in [4.78, 5) is 7.10. The Hall–Kier alpha value is -1.30. The smallest absolute Gasteiger partial charge is 0.211 e. The Balaban J connectivity index is 1.54. The highest BCUT2D eigenvalue weighted by atomic mass is 35.5. The number of nitrogens with zero attached hydrogens (tertiary/aromatic N) is 4. The van der Waals surface area contributed by atoms with Crippen molar-refractivity contribution >= 4 is 38.8 Å². The SMILES string of the molecule is COCCN(Cc1nc(C2CN(CC3CCOCC3)c3c(Cl)cccc32)ns1)S(C)(=O)=O. The van der Waals surface area contributed by atoms with Gasteiger partial charge in [-0.3, -0.25) is 0 Å². The number of rotatable bonds is 9. The zero-order valence-electron chi connectivity index (χ0n) is 18.4. The average Bonchev–Trinajstić information content (AvgIpc) is 3.36. The topological polar surface area (TPSA) is 84.9 Å². The Kier molecular flexibility index (Phi) is 7.69. The molecule has 0 saturated carbocycles. The zero-order chi connectivity index (χ0) is 22.7. The lowest BCUT2D eigenvalue weighted by Gasteiger charge is -2.29. The van der Waals surface area contributed by atoms with Gasteiger partial charge in [0.15, 0.2) is 5.82 Å². The zero-order valence-corrected chi connectivity index (χ0v) is 20.8. The Labute approximate surface area is 198 Å². The average molecular weight is 501 g/mol. The largest absolute Gasteiger partial charge is 0.383 e. The number of methoxy groups -OCH3 is 1. The first-order valence-corrected chi connectivity index (χ1v) is 13.7. The Morgan fingerprint density at radius 3 is 2.84 bits per heavy atom. The lowest BCUT2D eigenvalue weighted by molar-refractivity contribution is 0.0683. The molecular formula is C21H29ClN4O4S2. The molecule has 0 aliphatic carbocycles. The van der Waals surface area contributed by atoms with E-state index in [4.69, 9.17) is 26.1 Å². The van der Waals surface area contributed by atoms with Gasteiger partial charge in [0, 0.05) is 40.0 Å². The second-order valence-electron chi connectivity index (χ2n) is 8.33. The summed E-state index contributed by atoms with van der Waals surface area (Å²) in [7, 11) is -1.81. The summed E-state index contributed by atoms with van der Waals surface area (Å²) >= 11 is 7.87. The molecule has 1 saturated heterocycles. The predicted octanol–water partition coefficient (Wildman–Crippen LogP) is 2.98. The predicted molar refractivity (Wildman–Crippen MR) is 126 cm³/mol. The van der Waals surface area contributed by atoms with Gasteiger partial charge in [-0.25, -0.2) is 13.4 Å². The molecule has 2 aliphatic rings. The van der Waals surface area contributed by atoms with Crippen LogP contribution < -0.4 is 4.90 Å². The minimum atomic E-state index is -3.37. The van der Waals surface area contributed by atoms with Crippen LogP contribution in [-0.2, 0) is 26.0 Å². The first-order valence-electron chi connectivity index (χ1n) is 10.7. The van der Waals surface area contributed by atoms with Crippen molar-refractivity contribution in [1.29, 1.82) is 0 Å². The second kappa shape index (κ2) is 10.3. The van der Waals surface area contributed by atoms with Crippen LogP contribution in [0, 0.1) is 5.92 Å². The van der Waals surface area contributed by atoms with Gasteiger partial charge in [-0.1, -0.05) is 23.7 Å². The third-order valence-corrected chi connectivity index (χ3v) is 8.32. The molecule has 1 unspecified atom stereocenters. The number of anilines is 1. The first kappa shape index (κ1) is 23.8. The number of halogens is 1. The van der Waals surface area contributed by atoms with E-state index in [1.807, 2.05) is 12.1 Å². The maximum Gasteiger partial charge on any atom is 0.211 e. The molecule has 1 fully saturated rings. The molecule has 3 heterocycles. The molecule has 0 bridgehead atoms. The van der Waals surface area contributed by atoms with Gasteiger partial charge < -0.3 is 14.4 Å². The molecule has 1 atom stereocenters. The van der Waals surface area contributed by atoms with Crippen LogP contribution in [0.5, 0.6) is 0 Å². The molecule has 2 aliphatic heterocycles. The third kappa shape index (κ3) is 5.43. The fourth-order valence-corrected chi connectivity index (χ4v) is 6.22. The van der Waals surface area contributed by atoms with Crippen LogP contribution in [0.3, 0.4) is 0 Å². The van der Waals surface area contributed by atoms with Gasteiger partial charge >= 0.3 is 0 Å². The number of para-hydroxylation sites is 1. The number of hydrogen-bond acceptors (Lipinski definition) is 8. The van der Waals surface area contributed by atoms with Crippen molar-refractivity contribution in [3.63, 3.8) is 0 Å².